The number of aromatic nitrogens is 2. The molecule has 5 N–H and O–H groups in total. The molecule has 4 amide bonds. The first-order valence-electron chi connectivity index (χ1n) is 18.1. The van der Waals surface area contributed by atoms with Crippen molar-refractivity contribution in [3.63, 3.8) is 0 Å². The summed E-state index contributed by atoms with van der Waals surface area (Å²) in [6.07, 6.45) is 5.97. The molecule has 0 radical (unpaired) electrons. The van der Waals surface area contributed by atoms with Crippen LogP contribution in [0.5, 0.6) is 6.01 Å². The molecule has 4 rings (SSSR count). The van der Waals surface area contributed by atoms with Crippen molar-refractivity contribution >= 4 is 51.0 Å². The molecule has 2 aliphatic rings. The van der Waals surface area contributed by atoms with E-state index in [-0.39, 0.29) is 54.4 Å². The predicted molar refractivity (Wildman–Crippen MR) is 199 cm³/mol. The number of nitrogens with two attached hydrogens (primary N) is 1. The van der Waals surface area contributed by atoms with Crippen molar-refractivity contribution in [2.45, 2.75) is 109 Å². The number of aromatic carboxylic acids is 1. The second kappa shape index (κ2) is 17.2. The van der Waals surface area contributed by atoms with E-state index in [0.29, 0.717) is 31.2 Å². The second-order valence-corrected chi connectivity index (χ2v) is 17.1. The lowest BCUT2D eigenvalue weighted by atomic mass is 10.0. The maximum atomic E-state index is 14.1. The van der Waals surface area contributed by atoms with Gasteiger partial charge in [0.05, 0.1) is 17.6 Å². The topological polar surface area (TPSA) is 233 Å². The largest absolute Gasteiger partial charge is 0.478 e. The number of amides is 4. The number of hydrogen-bond donors (Lipinski definition) is 4. The van der Waals surface area contributed by atoms with Crippen molar-refractivity contribution in [2.75, 3.05) is 20.6 Å². The van der Waals surface area contributed by atoms with Gasteiger partial charge in [0.1, 0.15) is 29.3 Å². The zero-order valence-corrected chi connectivity index (χ0v) is 32.7. The molecule has 18 heteroatoms. The van der Waals surface area contributed by atoms with Gasteiger partial charge in [0.15, 0.2) is 0 Å². The van der Waals surface area contributed by atoms with E-state index in [9.17, 15) is 37.5 Å². The maximum Gasteiger partial charge on any atom is 0.408 e. The first kappa shape index (κ1) is 42.0. The molecule has 54 heavy (non-hydrogen) atoms. The molecule has 1 saturated heterocycles. The summed E-state index contributed by atoms with van der Waals surface area (Å²) in [6, 6.07) is 2.75. The van der Waals surface area contributed by atoms with Crippen LogP contribution in [0.4, 0.5) is 4.79 Å². The molecule has 5 atom stereocenters. The van der Waals surface area contributed by atoms with Gasteiger partial charge in [-0.3, -0.25) is 19.0 Å². The number of nitrogens with zero attached hydrogens (tertiary/aromatic N) is 4. The Morgan fingerprint density at radius 3 is 2.43 bits per heavy atom. The van der Waals surface area contributed by atoms with Gasteiger partial charge < -0.3 is 30.5 Å². The molecule has 1 aliphatic carbocycles. The molecular weight excluding hydrogens is 723 g/mol. The first-order chi connectivity index (χ1) is 25.2. The third-order valence-corrected chi connectivity index (χ3v) is 10.6. The van der Waals surface area contributed by atoms with Crippen LogP contribution in [0.1, 0.15) is 96.0 Å². The number of primary amides is 1. The molecule has 2 aromatic rings. The van der Waals surface area contributed by atoms with E-state index < -0.39 is 63.8 Å². The van der Waals surface area contributed by atoms with Gasteiger partial charge in [-0.15, -0.1) is 0 Å². The van der Waals surface area contributed by atoms with Gasteiger partial charge in [-0.05, 0) is 78.4 Å². The predicted octanol–water partition coefficient (Wildman–Crippen LogP) is 3.11. The Balaban J connectivity index is 1.39. The minimum Gasteiger partial charge on any atom is -0.478 e. The third-order valence-electron chi connectivity index (χ3n) is 9.20. The molecule has 0 spiro atoms. The maximum absolute atomic E-state index is 14.1. The second-order valence-electron chi connectivity index (χ2n) is 15.2. The smallest absolute Gasteiger partial charge is 0.408 e. The number of alkyl carbamates (subject to hydrolysis) is 1. The van der Waals surface area contributed by atoms with Crippen molar-refractivity contribution in [1.29, 1.82) is 0 Å². The van der Waals surface area contributed by atoms with E-state index in [1.165, 1.54) is 25.1 Å². The molecule has 5 unspecified atom stereocenters. The van der Waals surface area contributed by atoms with Crippen molar-refractivity contribution in [3.8, 4) is 6.01 Å². The number of carbonyl (C=O) groups excluding carboxylic acids is 4. The quantitative estimate of drug-likeness (QED) is 0.135. The van der Waals surface area contributed by atoms with Crippen molar-refractivity contribution in [2.24, 2.45) is 17.6 Å². The van der Waals surface area contributed by atoms with Crippen molar-refractivity contribution in [1.82, 2.24) is 28.8 Å². The van der Waals surface area contributed by atoms with Crippen LogP contribution in [0.25, 0.3) is 11.0 Å². The summed E-state index contributed by atoms with van der Waals surface area (Å²) in [7, 11) is -1.15. The first-order valence-corrected chi connectivity index (χ1v) is 19.5. The van der Waals surface area contributed by atoms with E-state index in [1.807, 2.05) is 26.0 Å². The number of ether oxygens (including phenoxy) is 2. The number of likely N-dealkylation sites (tertiary alicyclic amines) is 1. The average Bonchev–Trinajstić information content (AvgIpc) is 3.55. The van der Waals surface area contributed by atoms with Gasteiger partial charge in [0.25, 0.3) is 6.01 Å². The number of imidazole rings is 1. The van der Waals surface area contributed by atoms with Crippen LogP contribution in [0.2, 0.25) is 0 Å². The minimum absolute atomic E-state index is 0.0124. The average molecular weight is 776 g/mol. The Kier molecular flexibility index (Phi) is 13.4. The Morgan fingerprint density at radius 1 is 1.11 bits per heavy atom. The van der Waals surface area contributed by atoms with Gasteiger partial charge >= 0.3 is 22.3 Å². The summed E-state index contributed by atoms with van der Waals surface area (Å²) < 4.78 is 40.3. The van der Waals surface area contributed by atoms with Crippen LogP contribution < -0.4 is 20.5 Å². The van der Waals surface area contributed by atoms with Gasteiger partial charge in [-0.25, -0.2) is 14.3 Å². The monoisotopic (exact) mass is 775 g/mol. The number of benzene rings is 1. The summed E-state index contributed by atoms with van der Waals surface area (Å²) in [5.74, 6) is -3.33. The molecule has 1 aromatic carbocycles. The Labute approximate surface area is 315 Å². The van der Waals surface area contributed by atoms with Gasteiger partial charge in [0, 0.05) is 32.5 Å². The number of carboxylic acid groups (broad SMARTS) is 1. The normalized spacial score (nSPS) is 20.7. The van der Waals surface area contributed by atoms with Crippen LogP contribution in [-0.2, 0) is 29.3 Å². The van der Waals surface area contributed by atoms with Crippen LogP contribution >= 0.6 is 0 Å². The highest BCUT2D eigenvalue weighted by Crippen LogP contribution is 2.40. The van der Waals surface area contributed by atoms with Crippen LogP contribution in [0, 0.1) is 11.8 Å². The summed E-state index contributed by atoms with van der Waals surface area (Å²) in [6.45, 7) is 8.87. The SMILES string of the molecule is CC(C)n1c(OC2CC(C(N)=O)N(C(=O)C(CCCCCC=CC3CC3C(=O)NS(=O)(=O)N(C)C)NC(=O)OC(C)(C)C)C2)nc2c(C(=O)O)cccc21. The summed E-state index contributed by atoms with van der Waals surface area (Å²) in [5.41, 5.74) is 5.77. The van der Waals surface area contributed by atoms with Crippen LogP contribution in [-0.4, -0.2) is 106 Å². The van der Waals surface area contributed by atoms with E-state index >= 15 is 0 Å². The van der Waals surface area contributed by atoms with Gasteiger partial charge in [-0.1, -0.05) is 31.1 Å². The van der Waals surface area contributed by atoms with Gasteiger partial charge in [0.2, 0.25) is 17.7 Å². The number of carboxylic acids is 1. The lowest BCUT2D eigenvalue weighted by molar-refractivity contribution is -0.139. The molecule has 1 saturated carbocycles. The summed E-state index contributed by atoms with van der Waals surface area (Å²) >= 11 is 0. The van der Waals surface area contributed by atoms with Gasteiger partial charge in [-0.2, -0.15) is 17.7 Å². The fourth-order valence-electron chi connectivity index (χ4n) is 6.38. The number of carbonyl (C=O) groups is 5. The molecule has 1 aromatic heterocycles. The highest BCUT2D eigenvalue weighted by molar-refractivity contribution is 7.87. The molecule has 1 aliphatic heterocycles. The molecule has 2 heterocycles. The fourth-order valence-corrected chi connectivity index (χ4v) is 6.97. The number of para-hydroxylation sites is 1. The molecule has 2 fully saturated rings. The van der Waals surface area contributed by atoms with E-state index in [1.54, 1.807) is 37.5 Å². The van der Waals surface area contributed by atoms with Crippen molar-refractivity contribution in [3.05, 3.63) is 35.9 Å². The zero-order valence-electron chi connectivity index (χ0n) is 31.9. The lowest BCUT2D eigenvalue weighted by Crippen LogP contribution is -2.53. The molecule has 298 valence electrons. The van der Waals surface area contributed by atoms with Crippen molar-refractivity contribution < 1.29 is 47.0 Å². The number of rotatable bonds is 17. The highest BCUT2D eigenvalue weighted by atomic mass is 32.2. The Hall–Kier alpha value is -4.71. The number of allylic oxidation sites excluding steroid dienone is 2. The van der Waals surface area contributed by atoms with E-state index in [4.69, 9.17) is 15.2 Å². The van der Waals surface area contributed by atoms with E-state index in [0.717, 1.165) is 10.7 Å². The molecular formula is C36H53N7O10S. The minimum atomic E-state index is -3.83. The molecule has 17 nitrogen and oxygen atoms in total. The third kappa shape index (κ3) is 10.7. The summed E-state index contributed by atoms with van der Waals surface area (Å²) in [5, 5.41) is 12.4. The Bertz CT molecular complexity index is 1870. The zero-order chi connectivity index (χ0) is 40.1. The number of hydrogen-bond acceptors (Lipinski definition) is 10. The molecule has 0 bridgehead atoms. The number of fused-ring (bicyclic) bond motifs is 1. The van der Waals surface area contributed by atoms with Crippen LogP contribution in [0.3, 0.4) is 0 Å². The fraction of sp³-hybridized carbons (Fsp3) is 0.611. The lowest BCUT2D eigenvalue weighted by Gasteiger charge is -2.28. The standard InChI is InChI=1S/C36H53N7O10S/c1-21(2)43-27-17-13-15-24(33(47)48)29(27)39-34(43)52-23-19-28(30(37)44)42(20-23)32(46)26(38-35(49)53-36(3,4)5)16-12-10-8-9-11-14-22-18-25(22)31(45)40-54(50,51)41(6)7/h11,13-15,17,21-23,25-26,28H,8-10,12,16,18-20H2,1-7H3,(H2,37,44)(H,38,49)(H,40,45)(H,47,48). The Morgan fingerprint density at radius 2 is 1.81 bits per heavy atom. The van der Waals surface area contributed by atoms with E-state index in [2.05, 4.69) is 15.0 Å². The summed E-state index contributed by atoms with van der Waals surface area (Å²) in [4.78, 5) is 69.6. The highest BCUT2D eigenvalue weighted by Gasteiger charge is 2.44. The number of nitrogens with one attached hydrogen (secondary N) is 2. The number of unbranched alkanes of at least 4 members (excludes halogenated alkanes) is 3. The van der Waals surface area contributed by atoms with Crippen LogP contribution in [0.15, 0.2) is 30.4 Å².